The first-order chi connectivity index (χ1) is 9.52. The predicted octanol–water partition coefficient (Wildman–Crippen LogP) is 3.72. The Labute approximate surface area is 121 Å². The van der Waals surface area contributed by atoms with Crippen LogP contribution in [-0.2, 0) is 0 Å². The second-order valence-corrected chi connectivity index (χ2v) is 6.24. The summed E-state index contributed by atoms with van der Waals surface area (Å²) in [7, 11) is 0. The Bertz CT molecular complexity index is 575. The van der Waals surface area contributed by atoms with Crippen molar-refractivity contribution < 1.29 is 0 Å². The fraction of sp³-hybridized carbons (Fsp3) is 0.471. The number of pyridine rings is 1. The van der Waals surface area contributed by atoms with Crippen LogP contribution in [0.25, 0.3) is 10.9 Å². The molecule has 1 aromatic heterocycles. The quantitative estimate of drug-likeness (QED) is 0.842. The van der Waals surface area contributed by atoms with Gasteiger partial charge in [-0.3, -0.25) is 4.98 Å². The van der Waals surface area contributed by atoms with Gasteiger partial charge < -0.3 is 11.1 Å². The number of anilines is 1. The summed E-state index contributed by atoms with van der Waals surface area (Å²) in [5.41, 5.74) is 9.13. The van der Waals surface area contributed by atoms with E-state index in [1.165, 1.54) is 11.1 Å². The van der Waals surface area contributed by atoms with Gasteiger partial charge in [0.25, 0.3) is 0 Å². The number of benzene rings is 1. The molecular weight excluding hydrogens is 246 g/mol. The van der Waals surface area contributed by atoms with Crippen molar-refractivity contribution >= 4 is 16.6 Å². The van der Waals surface area contributed by atoms with E-state index in [0.717, 1.165) is 37.1 Å². The number of fused-ring (bicyclic) bond motifs is 1. The summed E-state index contributed by atoms with van der Waals surface area (Å²) in [6.45, 7) is 8.32. The zero-order chi connectivity index (χ0) is 14.6. The Kier molecular flexibility index (Phi) is 4.61. The van der Waals surface area contributed by atoms with Crippen molar-refractivity contribution in [3.8, 4) is 0 Å². The summed E-state index contributed by atoms with van der Waals surface area (Å²) in [5.74, 6) is 0. The standard InChI is InChI=1S/C17H25N3/c1-13-11-16(14-7-4-5-8-15(14)20-13)19-12-17(2,3)9-6-10-18/h4-5,7-8,11H,6,9-10,12,18H2,1-3H3,(H,19,20). The number of aromatic nitrogens is 1. The molecule has 0 aliphatic heterocycles. The molecule has 0 spiro atoms. The van der Waals surface area contributed by atoms with Gasteiger partial charge in [0.15, 0.2) is 0 Å². The molecule has 0 unspecified atom stereocenters. The third kappa shape index (κ3) is 3.70. The highest BCUT2D eigenvalue weighted by atomic mass is 14.9. The van der Waals surface area contributed by atoms with Gasteiger partial charge in [-0.15, -0.1) is 0 Å². The average Bonchev–Trinajstić information content (AvgIpc) is 2.42. The van der Waals surface area contributed by atoms with Crippen LogP contribution >= 0.6 is 0 Å². The van der Waals surface area contributed by atoms with E-state index < -0.39 is 0 Å². The molecule has 0 aliphatic rings. The van der Waals surface area contributed by atoms with E-state index in [1.807, 2.05) is 13.0 Å². The Morgan fingerprint density at radius 3 is 2.75 bits per heavy atom. The molecule has 20 heavy (non-hydrogen) atoms. The fourth-order valence-corrected chi connectivity index (χ4v) is 2.46. The lowest BCUT2D eigenvalue weighted by molar-refractivity contribution is 0.350. The number of nitrogens with one attached hydrogen (secondary N) is 1. The van der Waals surface area contributed by atoms with Crippen LogP contribution in [-0.4, -0.2) is 18.1 Å². The Balaban J connectivity index is 2.17. The largest absolute Gasteiger partial charge is 0.384 e. The van der Waals surface area contributed by atoms with Crippen molar-refractivity contribution in [2.75, 3.05) is 18.4 Å². The summed E-state index contributed by atoms with van der Waals surface area (Å²) >= 11 is 0. The molecule has 0 fully saturated rings. The lowest BCUT2D eigenvalue weighted by Gasteiger charge is -2.26. The maximum absolute atomic E-state index is 5.61. The third-order valence-electron chi connectivity index (χ3n) is 3.66. The molecule has 3 N–H and O–H groups in total. The van der Waals surface area contributed by atoms with E-state index in [4.69, 9.17) is 5.73 Å². The van der Waals surface area contributed by atoms with Crippen LogP contribution in [0.5, 0.6) is 0 Å². The number of aryl methyl sites for hydroxylation is 1. The second-order valence-electron chi connectivity index (χ2n) is 6.24. The summed E-state index contributed by atoms with van der Waals surface area (Å²) in [6.07, 6.45) is 2.21. The first-order valence-electron chi connectivity index (χ1n) is 7.32. The summed E-state index contributed by atoms with van der Waals surface area (Å²) in [4.78, 5) is 4.57. The third-order valence-corrected chi connectivity index (χ3v) is 3.66. The highest BCUT2D eigenvalue weighted by Gasteiger charge is 2.17. The average molecular weight is 271 g/mol. The zero-order valence-electron chi connectivity index (χ0n) is 12.7. The molecule has 0 bridgehead atoms. The number of para-hydroxylation sites is 1. The fourth-order valence-electron chi connectivity index (χ4n) is 2.46. The molecule has 1 heterocycles. The van der Waals surface area contributed by atoms with Crippen LogP contribution in [0.3, 0.4) is 0 Å². The van der Waals surface area contributed by atoms with Gasteiger partial charge in [-0.25, -0.2) is 0 Å². The van der Waals surface area contributed by atoms with E-state index in [0.29, 0.717) is 0 Å². The summed E-state index contributed by atoms with van der Waals surface area (Å²) in [6, 6.07) is 10.4. The minimum atomic E-state index is 0.248. The molecule has 0 saturated heterocycles. The van der Waals surface area contributed by atoms with Gasteiger partial charge in [0.05, 0.1) is 5.52 Å². The lowest BCUT2D eigenvalue weighted by Crippen LogP contribution is -2.24. The number of nitrogens with zero attached hydrogens (tertiary/aromatic N) is 1. The predicted molar refractivity (Wildman–Crippen MR) is 87.0 cm³/mol. The van der Waals surface area contributed by atoms with Crippen LogP contribution in [0, 0.1) is 12.3 Å². The molecule has 2 aromatic rings. The van der Waals surface area contributed by atoms with Gasteiger partial charge in [-0.05, 0) is 43.9 Å². The van der Waals surface area contributed by atoms with Crippen LogP contribution in [0.2, 0.25) is 0 Å². The monoisotopic (exact) mass is 271 g/mol. The van der Waals surface area contributed by atoms with Crippen LogP contribution < -0.4 is 11.1 Å². The van der Waals surface area contributed by atoms with Crippen molar-refractivity contribution in [3.05, 3.63) is 36.0 Å². The Morgan fingerprint density at radius 1 is 1.25 bits per heavy atom. The maximum Gasteiger partial charge on any atom is 0.0725 e. The molecule has 0 amide bonds. The van der Waals surface area contributed by atoms with Gasteiger partial charge in [-0.2, -0.15) is 0 Å². The number of rotatable bonds is 6. The molecule has 0 radical (unpaired) electrons. The van der Waals surface area contributed by atoms with E-state index in [1.54, 1.807) is 0 Å². The van der Waals surface area contributed by atoms with Crippen molar-refractivity contribution in [2.45, 2.75) is 33.6 Å². The van der Waals surface area contributed by atoms with Crippen LogP contribution in [0.4, 0.5) is 5.69 Å². The lowest BCUT2D eigenvalue weighted by atomic mass is 9.87. The molecule has 3 heteroatoms. The van der Waals surface area contributed by atoms with Crippen LogP contribution in [0.1, 0.15) is 32.4 Å². The molecule has 0 aliphatic carbocycles. The summed E-state index contributed by atoms with van der Waals surface area (Å²) < 4.78 is 0. The smallest absolute Gasteiger partial charge is 0.0725 e. The second kappa shape index (κ2) is 6.23. The van der Waals surface area contributed by atoms with E-state index in [9.17, 15) is 0 Å². The minimum absolute atomic E-state index is 0.248. The van der Waals surface area contributed by atoms with E-state index in [2.05, 4.69) is 48.4 Å². The first kappa shape index (κ1) is 14.8. The molecule has 3 nitrogen and oxygen atoms in total. The highest BCUT2D eigenvalue weighted by molar-refractivity contribution is 5.91. The van der Waals surface area contributed by atoms with Gasteiger partial charge in [0.1, 0.15) is 0 Å². The molecule has 2 rings (SSSR count). The summed E-state index contributed by atoms with van der Waals surface area (Å²) in [5, 5.41) is 4.78. The van der Waals surface area contributed by atoms with Gasteiger partial charge in [-0.1, -0.05) is 32.0 Å². The van der Waals surface area contributed by atoms with Crippen molar-refractivity contribution in [1.29, 1.82) is 0 Å². The number of nitrogens with two attached hydrogens (primary N) is 1. The van der Waals surface area contributed by atoms with Crippen molar-refractivity contribution in [2.24, 2.45) is 11.1 Å². The first-order valence-corrected chi connectivity index (χ1v) is 7.32. The SMILES string of the molecule is Cc1cc(NCC(C)(C)CCCN)c2ccccc2n1. The molecule has 0 saturated carbocycles. The molecule has 1 aromatic carbocycles. The van der Waals surface area contributed by atoms with Gasteiger partial charge >= 0.3 is 0 Å². The minimum Gasteiger partial charge on any atom is -0.384 e. The number of hydrogen-bond donors (Lipinski definition) is 2. The Morgan fingerprint density at radius 2 is 2.00 bits per heavy atom. The Hall–Kier alpha value is -1.61. The van der Waals surface area contributed by atoms with Crippen molar-refractivity contribution in [3.63, 3.8) is 0 Å². The van der Waals surface area contributed by atoms with Gasteiger partial charge in [0, 0.05) is 23.3 Å². The van der Waals surface area contributed by atoms with Gasteiger partial charge in [0.2, 0.25) is 0 Å². The molecule has 108 valence electrons. The normalized spacial score (nSPS) is 11.8. The molecular formula is C17H25N3. The highest BCUT2D eigenvalue weighted by Crippen LogP contribution is 2.27. The van der Waals surface area contributed by atoms with Crippen LogP contribution in [0.15, 0.2) is 30.3 Å². The topological polar surface area (TPSA) is 50.9 Å². The zero-order valence-corrected chi connectivity index (χ0v) is 12.7. The maximum atomic E-state index is 5.61. The van der Waals surface area contributed by atoms with Crippen molar-refractivity contribution in [1.82, 2.24) is 4.98 Å². The molecule has 0 atom stereocenters. The van der Waals surface area contributed by atoms with E-state index >= 15 is 0 Å². The van der Waals surface area contributed by atoms with E-state index in [-0.39, 0.29) is 5.41 Å². The number of hydrogen-bond acceptors (Lipinski definition) is 3.